The van der Waals surface area contributed by atoms with Crippen LogP contribution in [-0.4, -0.2) is 29.9 Å². The molecule has 1 nitrogen and oxygen atoms in total. The van der Waals surface area contributed by atoms with Crippen molar-refractivity contribution in [2.45, 2.75) is 44.9 Å². The van der Waals surface area contributed by atoms with E-state index in [2.05, 4.69) is 18.7 Å². The number of rotatable bonds is 4. The highest BCUT2D eigenvalue weighted by atomic mass is 35.5. The Labute approximate surface area is 87.4 Å². The first kappa shape index (κ1) is 11.3. The summed E-state index contributed by atoms with van der Waals surface area (Å²) in [6, 6.07) is 0. The lowest BCUT2D eigenvalue weighted by atomic mass is 9.99. The number of unbranched alkanes of at least 4 members (excludes halogenated alkanes) is 2. The zero-order chi connectivity index (χ0) is 9.68. The maximum Gasteiger partial charge on any atom is 0.0386 e. The molecule has 0 aromatic rings. The van der Waals surface area contributed by atoms with E-state index in [0.717, 1.165) is 0 Å². The second kappa shape index (κ2) is 5.87. The van der Waals surface area contributed by atoms with Crippen LogP contribution in [0.15, 0.2) is 0 Å². The van der Waals surface area contributed by atoms with Crippen molar-refractivity contribution in [2.24, 2.45) is 5.92 Å². The maximum absolute atomic E-state index is 6.17. The van der Waals surface area contributed by atoms with E-state index < -0.39 is 0 Å². The highest BCUT2D eigenvalue weighted by Crippen LogP contribution is 2.21. The van der Waals surface area contributed by atoms with Gasteiger partial charge in [-0.2, -0.15) is 0 Å². The normalized spacial score (nSPS) is 30.7. The molecular weight excluding hydrogens is 182 g/mol. The van der Waals surface area contributed by atoms with Gasteiger partial charge in [-0.05, 0) is 31.8 Å². The summed E-state index contributed by atoms with van der Waals surface area (Å²) in [7, 11) is 0. The molecule has 1 fully saturated rings. The molecule has 0 aromatic heterocycles. The predicted molar refractivity (Wildman–Crippen MR) is 59.4 cm³/mol. The Balaban J connectivity index is 2.14. The van der Waals surface area contributed by atoms with E-state index in [-0.39, 0.29) is 0 Å². The topological polar surface area (TPSA) is 3.24 Å². The van der Waals surface area contributed by atoms with Gasteiger partial charge in [0.1, 0.15) is 0 Å². The van der Waals surface area contributed by atoms with Gasteiger partial charge < -0.3 is 4.90 Å². The van der Waals surface area contributed by atoms with Gasteiger partial charge in [-0.15, -0.1) is 11.6 Å². The van der Waals surface area contributed by atoms with Crippen LogP contribution in [0.2, 0.25) is 0 Å². The molecule has 1 aliphatic heterocycles. The molecule has 13 heavy (non-hydrogen) atoms. The molecule has 0 spiro atoms. The van der Waals surface area contributed by atoms with Crippen LogP contribution in [0.3, 0.4) is 0 Å². The van der Waals surface area contributed by atoms with Crippen LogP contribution in [0.25, 0.3) is 0 Å². The minimum absolute atomic E-state index is 0.419. The molecule has 1 saturated heterocycles. The minimum Gasteiger partial charge on any atom is -0.303 e. The molecule has 0 bridgehead atoms. The third-order valence-corrected chi connectivity index (χ3v) is 3.61. The number of likely N-dealkylation sites (tertiary alicyclic amines) is 1. The van der Waals surface area contributed by atoms with Gasteiger partial charge in [0.05, 0.1) is 0 Å². The average Bonchev–Trinajstić information content (AvgIpc) is 2.12. The van der Waals surface area contributed by atoms with Crippen molar-refractivity contribution in [3.05, 3.63) is 0 Å². The lowest BCUT2D eigenvalue weighted by Gasteiger charge is -2.34. The van der Waals surface area contributed by atoms with Crippen LogP contribution >= 0.6 is 11.6 Å². The molecular formula is C11H22ClN. The van der Waals surface area contributed by atoms with Crippen LogP contribution < -0.4 is 0 Å². The first-order valence-electron chi connectivity index (χ1n) is 5.60. The fraction of sp³-hybridized carbons (Fsp3) is 1.00. The Morgan fingerprint density at radius 3 is 2.77 bits per heavy atom. The van der Waals surface area contributed by atoms with Gasteiger partial charge >= 0.3 is 0 Å². The Morgan fingerprint density at radius 2 is 2.15 bits per heavy atom. The van der Waals surface area contributed by atoms with Crippen molar-refractivity contribution in [1.82, 2.24) is 4.90 Å². The van der Waals surface area contributed by atoms with E-state index in [1.54, 1.807) is 0 Å². The first-order valence-corrected chi connectivity index (χ1v) is 6.04. The van der Waals surface area contributed by atoms with E-state index in [0.29, 0.717) is 11.3 Å². The van der Waals surface area contributed by atoms with Crippen molar-refractivity contribution in [3.8, 4) is 0 Å². The first-order chi connectivity index (χ1) is 6.24. The quantitative estimate of drug-likeness (QED) is 0.501. The smallest absolute Gasteiger partial charge is 0.0386 e. The minimum atomic E-state index is 0.419. The molecule has 2 heteroatoms. The lowest BCUT2D eigenvalue weighted by Crippen LogP contribution is -2.40. The van der Waals surface area contributed by atoms with Crippen molar-refractivity contribution in [3.63, 3.8) is 0 Å². The molecule has 1 heterocycles. The SMILES string of the molecule is CCCCCN1CCC(Cl)C(C)C1. The van der Waals surface area contributed by atoms with Crippen LogP contribution in [0.5, 0.6) is 0 Å². The standard InChI is InChI=1S/C11H22ClN/c1-3-4-5-7-13-8-6-11(12)10(2)9-13/h10-11H,3-9H2,1-2H3. The molecule has 0 amide bonds. The van der Waals surface area contributed by atoms with Crippen molar-refractivity contribution < 1.29 is 0 Å². The third kappa shape index (κ3) is 3.86. The molecule has 1 rings (SSSR count). The summed E-state index contributed by atoms with van der Waals surface area (Å²) in [5.41, 5.74) is 0. The molecule has 0 aromatic carbocycles. The number of hydrogen-bond acceptors (Lipinski definition) is 1. The van der Waals surface area contributed by atoms with Crippen molar-refractivity contribution in [2.75, 3.05) is 19.6 Å². The van der Waals surface area contributed by atoms with E-state index >= 15 is 0 Å². The van der Waals surface area contributed by atoms with Crippen LogP contribution in [0.1, 0.15) is 39.5 Å². The maximum atomic E-state index is 6.17. The molecule has 2 unspecified atom stereocenters. The Morgan fingerprint density at radius 1 is 1.38 bits per heavy atom. The van der Waals surface area contributed by atoms with Gasteiger partial charge in [0.15, 0.2) is 0 Å². The zero-order valence-electron chi connectivity index (χ0n) is 8.93. The van der Waals surface area contributed by atoms with Crippen LogP contribution in [-0.2, 0) is 0 Å². The van der Waals surface area contributed by atoms with E-state index in [4.69, 9.17) is 11.6 Å². The molecule has 0 aliphatic carbocycles. The zero-order valence-corrected chi connectivity index (χ0v) is 9.69. The van der Waals surface area contributed by atoms with Gasteiger partial charge in [0, 0.05) is 11.9 Å². The third-order valence-electron chi connectivity index (χ3n) is 2.96. The number of nitrogens with zero attached hydrogens (tertiary/aromatic N) is 1. The summed E-state index contributed by atoms with van der Waals surface area (Å²) in [5, 5.41) is 0.419. The summed E-state index contributed by atoms with van der Waals surface area (Å²) in [5.74, 6) is 0.678. The van der Waals surface area contributed by atoms with E-state index in [1.165, 1.54) is 45.3 Å². The second-order valence-electron chi connectivity index (χ2n) is 4.29. The van der Waals surface area contributed by atoms with Gasteiger partial charge in [0.25, 0.3) is 0 Å². The number of hydrogen-bond donors (Lipinski definition) is 0. The summed E-state index contributed by atoms with van der Waals surface area (Å²) in [6.45, 7) is 8.22. The summed E-state index contributed by atoms with van der Waals surface area (Å²) < 4.78 is 0. The monoisotopic (exact) mass is 203 g/mol. The highest BCUT2D eigenvalue weighted by Gasteiger charge is 2.23. The Hall–Kier alpha value is 0.250. The average molecular weight is 204 g/mol. The number of halogens is 1. The molecule has 2 atom stereocenters. The Kier molecular flexibility index (Phi) is 5.12. The van der Waals surface area contributed by atoms with Gasteiger partial charge in [-0.25, -0.2) is 0 Å². The molecule has 0 N–H and O–H groups in total. The van der Waals surface area contributed by atoms with Crippen molar-refractivity contribution in [1.29, 1.82) is 0 Å². The van der Waals surface area contributed by atoms with Gasteiger partial charge in [0.2, 0.25) is 0 Å². The van der Waals surface area contributed by atoms with Crippen LogP contribution in [0, 0.1) is 5.92 Å². The van der Waals surface area contributed by atoms with Crippen molar-refractivity contribution >= 4 is 11.6 Å². The molecule has 0 saturated carbocycles. The predicted octanol–water partition coefficient (Wildman–Crippen LogP) is 3.13. The fourth-order valence-electron chi connectivity index (χ4n) is 1.99. The van der Waals surface area contributed by atoms with E-state index in [1.807, 2.05) is 0 Å². The van der Waals surface area contributed by atoms with Gasteiger partial charge in [-0.3, -0.25) is 0 Å². The molecule has 1 aliphatic rings. The molecule has 0 radical (unpaired) electrons. The lowest BCUT2D eigenvalue weighted by molar-refractivity contribution is 0.184. The summed E-state index contributed by atoms with van der Waals surface area (Å²) >= 11 is 6.17. The second-order valence-corrected chi connectivity index (χ2v) is 4.85. The summed E-state index contributed by atoms with van der Waals surface area (Å²) in [6.07, 6.45) is 5.22. The molecule has 78 valence electrons. The van der Waals surface area contributed by atoms with Crippen LogP contribution in [0.4, 0.5) is 0 Å². The largest absolute Gasteiger partial charge is 0.303 e. The number of alkyl halides is 1. The highest BCUT2D eigenvalue weighted by molar-refractivity contribution is 6.20. The van der Waals surface area contributed by atoms with E-state index in [9.17, 15) is 0 Å². The Bertz CT molecular complexity index is 138. The number of piperidine rings is 1. The summed E-state index contributed by atoms with van der Waals surface area (Å²) in [4.78, 5) is 2.57. The fourth-order valence-corrected chi connectivity index (χ4v) is 2.17. The van der Waals surface area contributed by atoms with Gasteiger partial charge in [-0.1, -0.05) is 26.7 Å².